The Morgan fingerprint density at radius 1 is 1.19 bits per heavy atom. The standard InChI is InChI=1S/C21H28FN3O2/c1-3-23-21(25-13-19(14-26)17-7-5-4-6-8-17)24-12-16-9-10-20(22)18(11-16)15-27-2/h4-11,19,26H,3,12-15H2,1-2H3,(H2,23,24,25). The van der Waals surface area contributed by atoms with Gasteiger partial charge in [0.25, 0.3) is 0 Å². The number of guanidine groups is 1. The van der Waals surface area contributed by atoms with Crippen molar-refractivity contribution in [3.05, 3.63) is 71.0 Å². The lowest BCUT2D eigenvalue weighted by atomic mass is 10.0. The molecule has 1 atom stereocenters. The first kappa shape index (κ1) is 20.9. The Kier molecular flexibility index (Phi) is 8.74. The van der Waals surface area contributed by atoms with Crippen LogP contribution in [-0.4, -0.2) is 37.9 Å². The van der Waals surface area contributed by atoms with E-state index in [9.17, 15) is 9.50 Å². The molecule has 0 saturated heterocycles. The highest BCUT2D eigenvalue weighted by molar-refractivity contribution is 5.79. The highest BCUT2D eigenvalue weighted by Crippen LogP contribution is 2.14. The molecule has 3 N–H and O–H groups in total. The zero-order valence-electron chi connectivity index (χ0n) is 15.9. The highest BCUT2D eigenvalue weighted by Gasteiger charge is 2.11. The molecule has 0 bridgehead atoms. The van der Waals surface area contributed by atoms with Crippen molar-refractivity contribution >= 4 is 5.96 Å². The Hall–Kier alpha value is -2.44. The van der Waals surface area contributed by atoms with Gasteiger partial charge in [0.15, 0.2) is 5.96 Å². The van der Waals surface area contributed by atoms with Gasteiger partial charge in [-0.15, -0.1) is 0 Å². The number of aliphatic imine (C=N–C) groups is 1. The maximum Gasteiger partial charge on any atom is 0.191 e. The molecule has 2 aromatic rings. The molecule has 6 heteroatoms. The van der Waals surface area contributed by atoms with Gasteiger partial charge in [0, 0.05) is 31.7 Å². The molecule has 0 radical (unpaired) electrons. The van der Waals surface area contributed by atoms with Crippen LogP contribution in [0, 0.1) is 5.82 Å². The van der Waals surface area contributed by atoms with Crippen molar-refractivity contribution in [1.82, 2.24) is 10.6 Å². The van der Waals surface area contributed by atoms with Gasteiger partial charge in [-0.25, -0.2) is 9.38 Å². The monoisotopic (exact) mass is 373 g/mol. The highest BCUT2D eigenvalue weighted by atomic mass is 19.1. The molecule has 0 heterocycles. The molecule has 2 rings (SSSR count). The molecule has 0 aliphatic rings. The molecule has 0 fully saturated rings. The number of benzene rings is 2. The van der Waals surface area contributed by atoms with Gasteiger partial charge < -0.3 is 20.5 Å². The summed E-state index contributed by atoms with van der Waals surface area (Å²) in [6.07, 6.45) is 0. The average Bonchev–Trinajstić information content (AvgIpc) is 2.69. The predicted octanol–water partition coefficient (Wildman–Crippen LogP) is 2.80. The van der Waals surface area contributed by atoms with Crippen LogP contribution >= 0.6 is 0 Å². The second-order valence-electron chi connectivity index (χ2n) is 6.23. The topological polar surface area (TPSA) is 65.9 Å². The largest absolute Gasteiger partial charge is 0.396 e. The number of nitrogens with one attached hydrogen (secondary N) is 2. The van der Waals surface area contributed by atoms with E-state index in [4.69, 9.17) is 4.74 Å². The van der Waals surface area contributed by atoms with E-state index in [0.717, 1.165) is 17.7 Å². The average molecular weight is 373 g/mol. The van der Waals surface area contributed by atoms with E-state index < -0.39 is 0 Å². The quantitative estimate of drug-likeness (QED) is 0.467. The van der Waals surface area contributed by atoms with Crippen LogP contribution in [0.15, 0.2) is 53.5 Å². The van der Waals surface area contributed by atoms with Crippen LogP contribution in [0.3, 0.4) is 0 Å². The summed E-state index contributed by atoms with van der Waals surface area (Å²) >= 11 is 0. The number of methoxy groups -OCH3 is 1. The normalized spacial score (nSPS) is 12.7. The molecule has 0 aliphatic heterocycles. The van der Waals surface area contributed by atoms with Gasteiger partial charge in [0.2, 0.25) is 0 Å². The van der Waals surface area contributed by atoms with Gasteiger partial charge >= 0.3 is 0 Å². The number of ether oxygens (including phenoxy) is 1. The summed E-state index contributed by atoms with van der Waals surface area (Å²) in [5.41, 5.74) is 2.50. The van der Waals surface area contributed by atoms with E-state index in [1.165, 1.54) is 6.07 Å². The fraction of sp³-hybridized carbons (Fsp3) is 0.381. The van der Waals surface area contributed by atoms with Crippen molar-refractivity contribution in [1.29, 1.82) is 0 Å². The first-order chi connectivity index (χ1) is 13.2. The predicted molar refractivity (Wildman–Crippen MR) is 106 cm³/mol. The molecule has 0 saturated carbocycles. The lowest BCUT2D eigenvalue weighted by molar-refractivity contribution is 0.181. The minimum atomic E-state index is -0.275. The van der Waals surface area contributed by atoms with Crippen LogP contribution in [0.1, 0.15) is 29.5 Å². The number of hydrogen-bond donors (Lipinski definition) is 3. The number of aliphatic hydroxyl groups is 1. The lowest BCUT2D eigenvalue weighted by Crippen LogP contribution is -2.39. The van der Waals surface area contributed by atoms with Crippen molar-refractivity contribution in [2.45, 2.75) is 26.0 Å². The van der Waals surface area contributed by atoms with E-state index in [2.05, 4.69) is 15.6 Å². The van der Waals surface area contributed by atoms with Gasteiger partial charge in [0.1, 0.15) is 5.82 Å². The van der Waals surface area contributed by atoms with Crippen molar-refractivity contribution in [3.8, 4) is 0 Å². The summed E-state index contributed by atoms with van der Waals surface area (Å²) in [6, 6.07) is 14.8. The number of aliphatic hydroxyl groups excluding tert-OH is 1. The third-order valence-corrected chi connectivity index (χ3v) is 4.18. The molecule has 146 valence electrons. The summed E-state index contributed by atoms with van der Waals surface area (Å²) in [7, 11) is 1.54. The van der Waals surface area contributed by atoms with Gasteiger partial charge in [-0.3, -0.25) is 0 Å². The lowest BCUT2D eigenvalue weighted by Gasteiger charge is -2.18. The Morgan fingerprint density at radius 3 is 2.63 bits per heavy atom. The fourth-order valence-electron chi connectivity index (χ4n) is 2.74. The summed E-state index contributed by atoms with van der Waals surface area (Å²) < 4.78 is 18.7. The fourth-order valence-corrected chi connectivity index (χ4v) is 2.74. The van der Waals surface area contributed by atoms with Crippen molar-refractivity contribution < 1.29 is 14.2 Å². The summed E-state index contributed by atoms with van der Waals surface area (Å²) in [5.74, 6) is 0.363. The summed E-state index contributed by atoms with van der Waals surface area (Å²) in [6.45, 7) is 3.98. The van der Waals surface area contributed by atoms with E-state index in [-0.39, 0.29) is 24.9 Å². The zero-order valence-corrected chi connectivity index (χ0v) is 15.9. The zero-order chi connectivity index (χ0) is 19.5. The van der Waals surface area contributed by atoms with E-state index >= 15 is 0 Å². The molecule has 0 spiro atoms. The minimum Gasteiger partial charge on any atom is -0.396 e. The Labute approximate surface area is 160 Å². The maximum atomic E-state index is 13.7. The second-order valence-corrected chi connectivity index (χ2v) is 6.23. The SMILES string of the molecule is CCNC(=NCc1ccc(F)c(COC)c1)NCC(CO)c1ccccc1. The molecular formula is C21H28FN3O2. The van der Waals surface area contributed by atoms with Crippen molar-refractivity contribution in [2.75, 3.05) is 26.8 Å². The number of rotatable bonds is 9. The van der Waals surface area contributed by atoms with Crippen molar-refractivity contribution in [2.24, 2.45) is 4.99 Å². The van der Waals surface area contributed by atoms with Crippen LogP contribution in [0.5, 0.6) is 0 Å². The van der Waals surface area contributed by atoms with Crippen molar-refractivity contribution in [3.63, 3.8) is 0 Å². The Bertz CT molecular complexity index is 723. The van der Waals surface area contributed by atoms with E-state index in [1.807, 2.05) is 37.3 Å². The third kappa shape index (κ3) is 6.66. The van der Waals surface area contributed by atoms with Crippen LogP contribution in [0.25, 0.3) is 0 Å². The van der Waals surface area contributed by atoms with Crippen LogP contribution < -0.4 is 10.6 Å². The summed E-state index contributed by atoms with van der Waals surface area (Å²) in [4.78, 5) is 4.56. The van der Waals surface area contributed by atoms with Crippen LogP contribution in [0.4, 0.5) is 4.39 Å². The Balaban J connectivity index is 2.02. The van der Waals surface area contributed by atoms with Gasteiger partial charge in [0.05, 0.1) is 19.8 Å². The van der Waals surface area contributed by atoms with Crippen LogP contribution in [-0.2, 0) is 17.9 Å². The molecule has 0 aliphatic carbocycles. The Morgan fingerprint density at radius 2 is 1.96 bits per heavy atom. The van der Waals surface area contributed by atoms with E-state index in [1.54, 1.807) is 19.2 Å². The molecule has 0 aromatic heterocycles. The van der Waals surface area contributed by atoms with E-state index in [0.29, 0.717) is 24.6 Å². The summed E-state index contributed by atoms with van der Waals surface area (Å²) in [5, 5.41) is 16.2. The third-order valence-electron chi connectivity index (χ3n) is 4.18. The second kappa shape index (κ2) is 11.3. The molecule has 2 aromatic carbocycles. The molecule has 5 nitrogen and oxygen atoms in total. The van der Waals surface area contributed by atoms with Gasteiger partial charge in [-0.2, -0.15) is 0 Å². The first-order valence-corrected chi connectivity index (χ1v) is 9.12. The number of nitrogens with zero attached hydrogens (tertiary/aromatic N) is 1. The van der Waals surface area contributed by atoms with Gasteiger partial charge in [-0.05, 0) is 30.2 Å². The maximum absolute atomic E-state index is 13.7. The molecule has 0 amide bonds. The van der Waals surface area contributed by atoms with Crippen LogP contribution in [0.2, 0.25) is 0 Å². The number of hydrogen-bond acceptors (Lipinski definition) is 3. The first-order valence-electron chi connectivity index (χ1n) is 9.12. The minimum absolute atomic E-state index is 0.0193. The molecule has 27 heavy (non-hydrogen) atoms. The molecular weight excluding hydrogens is 345 g/mol. The smallest absolute Gasteiger partial charge is 0.191 e. The molecule has 1 unspecified atom stereocenters. The number of halogens is 1. The van der Waals surface area contributed by atoms with Gasteiger partial charge in [-0.1, -0.05) is 36.4 Å².